The van der Waals surface area contributed by atoms with Gasteiger partial charge in [-0.25, -0.2) is 9.59 Å². The molecule has 2 atom stereocenters. The fourth-order valence-electron chi connectivity index (χ4n) is 3.93. The lowest BCUT2D eigenvalue weighted by Crippen LogP contribution is -2.43. The van der Waals surface area contributed by atoms with E-state index in [0.29, 0.717) is 40.4 Å². The van der Waals surface area contributed by atoms with Crippen molar-refractivity contribution in [3.63, 3.8) is 0 Å². The van der Waals surface area contributed by atoms with Gasteiger partial charge in [0.25, 0.3) is 0 Å². The van der Waals surface area contributed by atoms with Gasteiger partial charge in [0, 0.05) is 35.0 Å². The third-order valence-corrected chi connectivity index (χ3v) is 7.30. The first kappa shape index (κ1) is 25.8. The van der Waals surface area contributed by atoms with Gasteiger partial charge in [-0.05, 0) is 35.8 Å². The average Bonchev–Trinajstić information content (AvgIpc) is 2.84. The van der Waals surface area contributed by atoms with E-state index in [1.807, 2.05) is 4.90 Å². The zero-order valence-corrected chi connectivity index (χ0v) is 20.5. The Hall–Kier alpha value is -2.81. The quantitative estimate of drug-likeness (QED) is 0.308. The zero-order valence-electron chi connectivity index (χ0n) is 18.9. The highest BCUT2D eigenvalue weighted by Crippen LogP contribution is 2.35. The molecule has 0 amide bonds. The Bertz CT molecular complexity index is 1090. The molecule has 9 heteroatoms. The summed E-state index contributed by atoms with van der Waals surface area (Å²) >= 11 is 7.76. The highest BCUT2D eigenvalue weighted by molar-refractivity contribution is 8.00. The van der Waals surface area contributed by atoms with Crippen LogP contribution in [0.15, 0.2) is 60.2 Å². The van der Waals surface area contributed by atoms with Gasteiger partial charge in [-0.2, -0.15) is 0 Å². The number of aliphatic carboxylic acids is 1. The number of ketones is 1. The molecular weight excluding hydrogens is 478 g/mol. The third-order valence-electron chi connectivity index (χ3n) is 5.58. The first-order valence-electron chi connectivity index (χ1n) is 10.6. The second kappa shape index (κ2) is 12.1. The Morgan fingerprint density at radius 2 is 1.97 bits per heavy atom. The molecule has 1 heterocycles. The summed E-state index contributed by atoms with van der Waals surface area (Å²) in [4.78, 5) is 38.8. The monoisotopic (exact) mass is 503 g/mol. The second-order valence-electron chi connectivity index (χ2n) is 7.72. The smallest absolute Gasteiger partial charge is 0.328 e. The summed E-state index contributed by atoms with van der Waals surface area (Å²) in [5.74, 6) is -0.815. The maximum absolute atomic E-state index is 12.7. The van der Waals surface area contributed by atoms with E-state index >= 15 is 0 Å². The number of hydrogen-bond donors (Lipinski definition) is 1. The molecule has 0 bridgehead atoms. The molecule has 1 N–H and O–H groups in total. The van der Waals surface area contributed by atoms with E-state index in [4.69, 9.17) is 21.1 Å². The Morgan fingerprint density at radius 3 is 2.65 bits per heavy atom. The number of methoxy groups -OCH3 is 2. The molecule has 0 saturated carbocycles. The van der Waals surface area contributed by atoms with Crippen molar-refractivity contribution in [1.82, 2.24) is 4.90 Å². The van der Waals surface area contributed by atoms with E-state index in [0.717, 1.165) is 0 Å². The van der Waals surface area contributed by atoms with Crippen LogP contribution in [0.25, 0.3) is 0 Å². The Labute approximate surface area is 207 Å². The normalized spacial score (nSPS) is 18.3. The Balaban J connectivity index is 1.77. The minimum Gasteiger partial charge on any atom is -0.497 e. The van der Waals surface area contributed by atoms with Crippen LogP contribution in [0.2, 0.25) is 5.02 Å². The van der Waals surface area contributed by atoms with Gasteiger partial charge in [0.15, 0.2) is 5.78 Å². The van der Waals surface area contributed by atoms with Crippen molar-refractivity contribution in [2.45, 2.75) is 17.7 Å². The number of piperidine rings is 1. The number of rotatable bonds is 9. The number of benzene rings is 2. The number of esters is 1. The lowest BCUT2D eigenvalue weighted by atomic mass is 9.98. The van der Waals surface area contributed by atoms with Crippen molar-refractivity contribution in [3.05, 3.63) is 76.3 Å². The van der Waals surface area contributed by atoms with Crippen LogP contribution < -0.4 is 4.74 Å². The first-order valence-corrected chi connectivity index (χ1v) is 12.0. The van der Waals surface area contributed by atoms with Crippen molar-refractivity contribution in [1.29, 1.82) is 0 Å². The van der Waals surface area contributed by atoms with E-state index in [1.165, 1.54) is 24.9 Å². The number of halogens is 1. The summed E-state index contributed by atoms with van der Waals surface area (Å²) in [5.41, 5.74) is 1.77. The molecule has 0 radical (unpaired) electrons. The van der Waals surface area contributed by atoms with Crippen molar-refractivity contribution in [3.8, 4) is 5.75 Å². The van der Waals surface area contributed by atoms with Gasteiger partial charge in [0.2, 0.25) is 0 Å². The molecule has 3 rings (SSSR count). The average molecular weight is 504 g/mol. The van der Waals surface area contributed by atoms with Crippen LogP contribution in [0.5, 0.6) is 5.75 Å². The molecule has 1 aliphatic rings. The van der Waals surface area contributed by atoms with E-state index in [9.17, 15) is 19.5 Å². The fraction of sp³-hybridized carbons (Fsp3) is 0.320. The SMILES string of the molecule is COC(=O)C(c1ccccc1Cl)N1CCC(SCC(=O)c2cccc(OC)c2)C(=CC(=O)O)C1. The summed E-state index contributed by atoms with van der Waals surface area (Å²) in [7, 11) is 2.85. The summed E-state index contributed by atoms with van der Waals surface area (Å²) in [5, 5.41) is 9.70. The highest BCUT2D eigenvalue weighted by atomic mass is 35.5. The van der Waals surface area contributed by atoms with Crippen molar-refractivity contribution in [2.75, 3.05) is 33.1 Å². The van der Waals surface area contributed by atoms with E-state index in [2.05, 4.69) is 0 Å². The highest BCUT2D eigenvalue weighted by Gasteiger charge is 2.35. The van der Waals surface area contributed by atoms with Crippen LogP contribution in [0, 0.1) is 0 Å². The topological polar surface area (TPSA) is 93.1 Å². The summed E-state index contributed by atoms with van der Waals surface area (Å²) in [6.45, 7) is 0.745. The van der Waals surface area contributed by atoms with Crippen molar-refractivity contribution < 1.29 is 29.0 Å². The number of carboxylic acid groups (broad SMARTS) is 1. The molecule has 1 aliphatic heterocycles. The Morgan fingerprint density at radius 1 is 1.21 bits per heavy atom. The summed E-state index contributed by atoms with van der Waals surface area (Å²) < 4.78 is 10.2. The Kier molecular flexibility index (Phi) is 9.15. The number of likely N-dealkylation sites (tertiary alicyclic amines) is 1. The first-order chi connectivity index (χ1) is 16.3. The fourth-order valence-corrected chi connectivity index (χ4v) is 5.32. The summed E-state index contributed by atoms with van der Waals surface area (Å²) in [6.07, 6.45) is 1.73. The van der Waals surface area contributed by atoms with Crippen molar-refractivity contribution >= 4 is 41.1 Å². The van der Waals surface area contributed by atoms with Gasteiger partial charge in [-0.3, -0.25) is 9.69 Å². The van der Waals surface area contributed by atoms with Gasteiger partial charge in [-0.1, -0.05) is 41.9 Å². The van der Waals surface area contributed by atoms with Crippen LogP contribution in [0.1, 0.15) is 28.4 Å². The molecule has 2 unspecified atom stereocenters. The lowest BCUT2D eigenvalue weighted by Gasteiger charge is -2.38. The molecule has 180 valence electrons. The molecule has 0 aliphatic carbocycles. The van der Waals surface area contributed by atoms with Gasteiger partial charge in [-0.15, -0.1) is 11.8 Å². The number of carbonyl (C=O) groups excluding carboxylic acids is 2. The maximum Gasteiger partial charge on any atom is 0.328 e. The number of Topliss-reactive ketones (excluding diaryl/α,β-unsaturated/α-hetero) is 1. The maximum atomic E-state index is 12.7. The molecule has 0 spiro atoms. The van der Waals surface area contributed by atoms with Crippen molar-refractivity contribution in [2.24, 2.45) is 0 Å². The predicted molar refractivity (Wildman–Crippen MR) is 132 cm³/mol. The predicted octanol–water partition coefficient (Wildman–Crippen LogP) is 4.26. The standard InChI is InChI=1S/C25H26ClNO6S/c1-32-18-7-5-6-16(12-18)21(28)15-34-22-10-11-27(14-17(22)13-23(29)30)24(25(31)33-2)19-8-3-4-9-20(19)26/h3-9,12-13,22,24H,10-11,14-15H2,1-2H3,(H,29,30). The number of carbonyl (C=O) groups is 3. The molecule has 2 aromatic carbocycles. The number of thioether (sulfide) groups is 1. The van der Waals surface area contributed by atoms with Gasteiger partial charge >= 0.3 is 11.9 Å². The molecule has 2 aromatic rings. The number of hydrogen-bond acceptors (Lipinski definition) is 7. The minimum atomic E-state index is -1.08. The summed E-state index contributed by atoms with van der Waals surface area (Å²) in [6, 6.07) is 13.2. The molecular formula is C25H26ClNO6S. The minimum absolute atomic E-state index is 0.0653. The van der Waals surface area contributed by atoms with Crippen LogP contribution in [-0.2, 0) is 14.3 Å². The van der Waals surface area contributed by atoms with Gasteiger partial charge in [0.1, 0.15) is 11.8 Å². The van der Waals surface area contributed by atoms with E-state index < -0.39 is 18.0 Å². The molecule has 34 heavy (non-hydrogen) atoms. The van der Waals surface area contributed by atoms with E-state index in [1.54, 1.807) is 55.6 Å². The molecule has 1 saturated heterocycles. The van der Waals surface area contributed by atoms with Crippen LogP contribution in [-0.4, -0.2) is 66.0 Å². The van der Waals surface area contributed by atoms with Crippen LogP contribution in [0.4, 0.5) is 0 Å². The molecule has 7 nitrogen and oxygen atoms in total. The molecule has 0 aromatic heterocycles. The largest absolute Gasteiger partial charge is 0.497 e. The zero-order chi connectivity index (χ0) is 24.7. The van der Waals surface area contributed by atoms with Gasteiger partial charge in [0.05, 0.1) is 20.0 Å². The second-order valence-corrected chi connectivity index (χ2v) is 9.32. The van der Waals surface area contributed by atoms with Crippen LogP contribution in [0.3, 0.4) is 0 Å². The number of ether oxygens (including phenoxy) is 2. The number of carboxylic acids is 1. The number of nitrogens with zero attached hydrogens (tertiary/aromatic N) is 1. The van der Waals surface area contributed by atoms with E-state index in [-0.39, 0.29) is 23.3 Å². The third kappa shape index (κ3) is 6.40. The lowest BCUT2D eigenvalue weighted by molar-refractivity contribution is -0.147. The van der Waals surface area contributed by atoms with Crippen LogP contribution >= 0.6 is 23.4 Å². The molecule has 1 fully saturated rings. The van der Waals surface area contributed by atoms with Gasteiger partial charge < -0.3 is 14.6 Å².